The van der Waals surface area contributed by atoms with Gasteiger partial charge >= 0.3 is 0 Å². The molecule has 4 nitrogen and oxygen atoms in total. The van der Waals surface area contributed by atoms with Crippen molar-refractivity contribution >= 4 is 30.8 Å². The maximum atomic E-state index is 12.1. The summed E-state index contributed by atoms with van der Waals surface area (Å²) in [4.78, 5) is 0.112. The van der Waals surface area contributed by atoms with E-state index in [1.54, 1.807) is 19.1 Å². The molecule has 0 saturated heterocycles. The zero-order valence-electron chi connectivity index (χ0n) is 9.60. The smallest absolute Gasteiger partial charge is 0.221 e. The number of halogens is 1. The van der Waals surface area contributed by atoms with Crippen LogP contribution in [0.25, 0.3) is 0 Å². The number of rotatable bonds is 4. The van der Waals surface area contributed by atoms with Gasteiger partial charge in [-0.25, -0.2) is 8.42 Å². The standard InChI is InChI=1S/C11H14BrNO3S/c1-3-10(16-2)11(13)17(14,15)9-6-4-8(12)5-7-9/h4-7,10,13H,3H2,1-2H3/t10-/m1/s1. The highest BCUT2D eigenvalue weighted by Gasteiger charge is 2.27. The van der Waals surface area contributed by atoms with E-state index in [1.165, 1.54) is 19.2 Å². The van der Waals surface area contributed by atoms with Crippen molar-refractivity contribution in [1.29, 1.82) is 5.41 Å². The highest BCUT2D eigenvalue weighted by molar-refractivity contribution is 9.10. The lowest BCUT2D eigenvalue weighted by molar-refractivity contribution is 0.154. The zero-order chi connectivity index (χ0) is 13.1. The summed E-state index contributed by atoms with van der Waals surface area (Å²) in [5, 5.41) is 7.32. The molecule has 0 saturated carbocycles. The van der Waals surface area contributed by atoms with Crippen LogP contribution in [-0.4, -0.2) is 26.7 Å². The van der Waals surface area contributed by atoms with Crippen LogP contribution >= 0.6 is 15.9 Å². The Labute approximate surface area is 110 Å². The van der Waals surface area contributed by atoms with Crippen molar-refractivity contribution in [3.05, 3.63) is 28.7 Å². The minimum atomic E-state index is -3.74. The molecule has 0 radical (unpaired) electrons. The molecule has 0 aromatic heterocycles. The second-order valence-corrected chi connectivity index (χ2v) is 6.29. The van der Waals surface area contributed by atoms with Gasteiger partial charge in [0.25, 0.3) is 0 Å². The normalized spacial score (nSPS) is 13.4. The highest BCUT2D eigenvalue weighted by Crippen LogP contribution is 2.18. The van der Waals surface area contributed by atoms with E-state index in [0.717, 1.165) is 4.47 Å². The van der Waals surface area contributed by atoms with E-state index in [-0.39, 0.29) is 4.90 Å². The number of methoxy groups -OCH3 is 1. The van der Waals surface area contributed by atoms with Crippen molar-refractivity contribution in [2.45, 2.75) is 24.3 Å². The molecule has 0 aliphatic heterocycles. The molecule has 1 aromatic rings. The number of nitrogens with one attached hydrogen (secondary N) is 1. The quantitative estimate of drug-likeness (QED) is 0.685. The lowest BCUT2D eigenvalue weighted by atomic mass is 10.3. The molecule has 1 aromatic carbocycles. The van der Waals surface area contributed by atoms with E-state index in [0.29, 0.717) is 6.42 Å². The minimum Gasteiger partial charge on any atom is -0.374 e. The molecule has 1 atom stereocenters. The molecule has 0 aliphatic rings. The van der Waals surface area contributed by atoms with E-state index < -0.39 is 21.0 Å². The maximum absolute atomic E-state index is 12.1. The fraction of sp³-hybridized carbons (Fsp3) is 0.364. The Morgan fingerprint density at radius 1 is 1.41 bits per heavy atom. The van der Waals surface area contributed by atoms with E-state index in [9.17, 15) is 8.42 Å². The van der Waals surface area contributed by atoms with Gasteiger partial charge in [-0.3, -0.25) is 5.41 Å². The average Bonchev–Trinajstić information content (AvgIpc) is 2.31. The van der Waals surface area contributed by atoms with Gasteiger partial charge in [-0.05, 0) is 30.7 Å². The highest BCUT2D eigenvalue weighted by atomic mass is 79.9. The topological polar surface area (TPSA) is 67.2 Å². The number of hydrogen-bond acceptors (Lipinski definition) is 4. The van der Waals surface area contributed by atoms with Crippen LogP contribution in [0, 0.1) is 5.41 Å². The molecule has 0 spiro atoms. The molecule has 6 heteroatoms. The summed E-state index contributed by atoms with van der Waals surface area (Å²) < 4.78 is 29.9. The van der Waals surface area contributed by atoms with Crippen molar-refractivity contribution in [2.24, 2.45) is 0 Å². The third kappa shape index (κ3) is 3.14. The summed E-state index contributed by atoms with van der Waals surface area (Å²) >= 11 is 3.23. The molecule has 1 rings (SSSR count). The van der Waals surface area contributed by atoms with E-state index in [1.807, 2.05) is 0 Å². The SMILES string of the molecule is CC[C@@H](OC)C(=N)S(=O)(=O)c1ccc(Br)cc1. The number of ether oxygens (including phenoxy) is 1. The largest absolute Gasteiger partial charge is 0.374 e. The molecule has 0 bridgehead atoms. The summed E-state index contributed by atoms with van der Waals surface area (Å²) in [5.41, 5.74) is 0. The average molecular weight is 320 g/mol. The van der Waals surface area contributed by atoms with Gasteiger partial charge in [-0.15, -0.1) is 0 Å². The maximum Gasteiger partial charge on any atom is 0.221 e. The van der Waals surface area contributed by atoms with Gasteiger partial charge in [-0.2, -0.15) is 0 Å². The van der Waals surface area contributed by atoms with Gasteiger partial charge in [0.15, 0.2) is 5.04 Å². The summed E-state index contributed by atoms with van der Waals surface area (Å²) in [5.74, 6) is 0. The minimum absolute atomic E-state index is 0.112. The predicted octanol–water partition coefficient (Wildman–Crippen LogP) is 2.63. The summed E-state index contributed by atoms with van der Waals surface area (Å²) in [6.45, 7) is 1.78. The fourth-order valence-corrected chi connectivity index (χ4v) is 2.99. The first-order valence-corrected chi connectivity index (χ1v) is 7.33. The first kappa shape index (κ1) is 14.3. The second-order valence-electron chi connectivity index (χ2n) is 3.45. The first-order chi connectivity index (χ1) is 7.93. The second kappa shape index (κ2) is 5.75. The Morgan fingerprint density at radius 2 is 1.94 bits per heavy atom. The number of hydrogen-bond donors (Lipinski definition) is 1. The molecule has 0 aliphatic carbocycles. The van der Waals surface area contributed by atoms with Crippen LogP contribution in [0.3, 0.4) is 0 Å². The van der Waals surface area contributed by atoms with Gasteiger partial charge in [0.05, 0.1) is 4.90 Å². The fourth-order valence-electron chi connectivity index (χ4n) is 1.37. The molecule has 1 N–H and O–H groups in total. The zero-order valence-corrected chi connectivity index (χ0v) is 12.0. The summed E-state index contributed by atoms with van der Waals surface area (Å²) in [7, 11) is -2.34. The molecular formula is C11H14BrNO3S. The third-order valence-corrected chi connectivity index (χ3v) is 4.62. The van der Waals surface area contributed by atoms with Gasteiger partial charge in [0.1, 0.15) is 6.10 Å². The van der Waals surface area contributed by atoms with Gasteiger partial charge in [0.2, 0.25) is 9.84 Å². The van der Waals surface area contributed by atoms with Crippen molar-refractivity contribution < 1.29 is 13.2 Å². The molecule has 94 valence electrons. The molecule has 0 unspecified atom stereocenters. The molecular weight excluding hydrogens is 306 g/mol. The third-order valence-electron chi connectivity index (χ3n) is 2.36. The van der Waals surface area contributed by atoms with Crippen LogP contribution in [0.15, 0.2) is 33.6 Å². The molecule has 0 fully saturated rings. The predicted molar refractivity (Wildman–Crippen MR) is 70.1 cm³/mol. The van der Waals surface area contributed by atoms with Crippen LogP contribution in [0.2, 0.25) is 0 Å². The van der Waals surface area contributed by atoms with E-state index in [4.69, 9.17) is 10.1 Å². The molecule has 0 amide bonds. The van der Waals surface area contributed by atoms with Crippen molar-refractivity contribution in [1.82, 2.24) is 0 Å². The summed E-state index contributed by atoms with van der Waals surface area (Å²) in [6.07, 6.45) is -0.242. The Balaban J connectivity index is 3.11. The molecule has 0 heterocycles. The Bertz CT molecular complexity index is 492. The molecule has 17 heavy (non-hydrogen) atoms. The monoisotopic (exact) mass is 319 g/mol. The Morgan fingerprint density at radius 3 is 2.35 bits per heavy atom. The van der Waals surface area contributed by atoms with Gasteiger partial charge in [-0.1, -0.05) is 22.9 Å². The van der Waals surface area contributed by atoms with Crippen LogP contribution < -0.4 is 0 Å². The number of benzene rings is 1. The van der Waals surface area contributed by atoms with Crippen molar-refractivity contribution in [3.8, 4) is 0 Å². The first-order valence-electron chi connectivity index (χ1n) is 5.05. The van der Waals surface area contributed by atoms with E-state index in [2.05, 4.69) is 15.9 Å². The van der Waals surface area contributed by atoms with Gasteiger partial charge < -0.3 is 4.74 Å². The van der Waals surface area contributed by atoms with Crippen molar-refractivity contribution in [3.63, 3.8) is 0 Å². The number of sulfone groups is 1. The van der Waals surface area contributed by atoms with E-state index >= 15 is 0 Å². The lowest BCUT2D eigenvalue weighted by Gasteiger charge is -2.14. The Hall–Kier alpha value is -0.720. The van der Waals surface area contributed by atoms with Crippen LogP contribution in [0.4, 0.5) is 0 Å². The van der Waals surface area contributed by atoms with Crippen LogP contribution in [-0.2, 0) is 14.6 Å². The lowest BCUT2D eigenvalue weighted by Crippen LogP contribution is -2.29. The van der Waals surface area contributed by atoms with Gasteiger partial charge in [0, 0.05) is 11.6 Å². The van der Waals surface area contributed by atoms with Crippen LogP contribution in [0.1, 0.15) is 13.3 Å². The van der Waals surface area contributed by atoms with Crippen molar-refractivity contribution in [2.75, 3.05) is 7.11 Å². The van der Waals surface area contributed by atoms with Crippen LogP contribution in [0.5, 0.6) is 0 Å². The Kier molecular flexibility index (Phi) is 4.85. The summed E-state index contributed by atoms with van der Waals surface area (Å²) in [6, 6.07) is 6.20.